The van der Waals surface area contributed by atoms with E-state index >= 15 is 0 Å². The summed E-state index contributed by atoms with van der Waals surface area (Å²) in [4.78, 5) is 17.7. The van der Waals surface area contributed by atoms with Gasteiger partial charge in [-0.3, -0.25) is 9.67 Å². The number of aromatic nitrogens is 7. The lowest BCUT2D eigenvalue weighted by Crippen LogP contribution is -1.98. The zero-order valence-electron chi connectivity index (χ0n) is 17.1. The van der Waals surface area contributed by atoms with Crippen LogP contribution >= 0.6 is 0 Å². The van der Waals surface area contributed by atoms with Crippen molar-refractivity contribution < 1.29 is 0 Å². The van der Waals surface area contributed by atoms with Gasteiger partial charge in [-0.05, 0) is 42.8 Å². The Morgan fingerprint density at radius 2 is 1.84 bits per heavy atom. The maximum atomic E-state index is 4.84. The summed E-state index contributed by atoms with van der Waals surface area (Å²) in [5.74, 6) is 0.772. The molecule has 0 spiro atoms. The van der Waals surface area contributed by atoms with Gasteiger partial charge < -0.3 is 4.57 Å². The fourth-order valence-electron chi connectivity index (χ4n) is 3.50. The Kier molecular flexibility index (Phi) is 5.06. The molecule has 0 saturated heterocycles. The Hall–Kier alpha value is -4.13. The number of hydrogen-bond donors (Lipinski definition) is 0. The van der Waals surface area contributed by atoms with Crippen molar-refractivity contribution >= 4 is 0 Å². The van der Waals surface area contributed by atoms with E-state index in [1.54, 1.807) is 18.7 Å². The molecule has 0 fully saturated rings. The number of hydrogen-bond acceptors (Lipinski definition) is 5. The minimum atomic E-state index is 0.655. The number of aryl methyl sites for hydroxylation is 1. The average Bonchev–Trinajstić information content (AvgIpc) is 3.51. The first-order chi connectivity index (χ1) is 15.3. The Morgan fingerprint density at radius 3 is 2.58 bits per heavy atom. The Morgan fingerprint density at radius 1 is 0.935 bits per heavy atom. The van der Waals surface area contributed by atoms with Gasteiger partial charge in [-0.15, -0.1) is 0 Å². The first-order valence-electron chi connectivity index (χ1n) is 10.2. The maximum Gasteiger partial charge on any atom is 0.133 e. The third kappa shape index (κ3) is 3.98. The minimum Gasteiger partial charge on any atom is -0.306 e. The Balaban J connectivity index is 1.44. The van der Waals surface area contributed by atoms with E-state index < -0.39 is 0 Å². The van der Waals surface area contributed by atoms with Crippen LogP contribution < -0.4 is 0 Å². The summed E-state index contributed by atoms with van der Waals surface area (Å²) in [6.07, 6.45) is 13.6. The van der Waals surface area contributed by atoms with Gasteiger partial charge in [0.25, 0.3) is 0 Å². The molecule has 0 bridgehead atoms. The van der Waals surface area contributed by atoms with Crippen LogP contribution in [0.2, 0.25) is 0 Å². The standard InChI is InChI=1S/C24H21N7/c1-2-31-16-21(24(29-31)19-4-3-10-25-15-19)22-9-11-27-23(28-22)14-18-5-7-20(8-6-18)30-13-12-26-17-30/h3-13,15-17H,2,14H2,1H3. The fourth-order valence-corrected chi connectivity index (χ4v) is 3.50. The molecule has 0 aliphatic heterocycles. The molecule has 0 saturated carbocycles. The van der Waals surface area contributed by atoms with Gasteiger partial charge in [0.2, 0.25) is 0 Å². The third-order valence-corrected chi connectivity index (χ3v) is 5.10. The quantitative estimate of drug-likeness (QED) is 0.422. The molecule has 7 nitrogen and oxygen atoms in total. The van der Waals surface area contributed by atoms with Crippen molar-refractivity contribution in [3.8, 4) is 28.2 Å². The molecule has 5 aromatic rings. The van der Waals surface area contributed by atoms with Crippen LogP contribution in [-0.2, 0) is 13.0 Å². The molecule has 7 heteroatoms. The first kappa shape index (κ1) is 18.9. The SMILES string of the molecule is CCn1cc(-c2ccnc(Cc3ccc(-n4ccnc4)cc3)n2)c(-c2cccnc2)n1. The highest BCUT2D eigenvalue weighted by Gasteiger charge is 2.15. The highest BCUT2D eigenvalue weighted by Crippen LogP contribution is 2.29. The van der Waals surface area contributed by atoms with Gasteiger partial charge in [0.05, 0.1) is 12.0 Å². The molecule has 5 rings (SSSR count). The topological polar surface area (TPSA) is 74.3 Å². The predicted molar refractivity (Wildman–Crippen MR) is 119 cm³/mol. The largest absolute Gasteiger partial charge is 0.306 e. The van der Waals surface area contributed by atoms with Crippen LogP contribution in [-0.4, -0.2) is 34.3 Å². The summed E-state index contributed by atoms with van der Waals surface area (Å²) in [7, 11) is 0. The maximum absolute atomic E-state index is 4.84. The second kappa shape index (κ2) is 8.31. The molecular weight excluding hydrogens is 386 g/mol. The van der Waals surface area contributed by atoms with Crippen molar-refractivity contribution in [1.82, 2.24) is 34.3 Å². The van der Waals surface area contributed by atoms with Crippen molar-refractivity contribution in [2.45, 2.75) is 19.9 Å². The Bertz CT molecular complexity index is 1270. The molecular formula is C24H21N7. The molecule has 0 amide bonds. The average molecular weight is 407 g/mol. The lowest BCUT2D eigenvalue weighted by atomic mass is 10.1. The monoisotopic (exact) mass is 407 g/mol. The smallest absolute Gasteiger partial charge is 0.133 e. The van der Waals surface area contributed by atoms with Crippen LogP contribution in [0.15, 0.2) is 86.0 Å². The van der Waals surface area contributed by atoms with Crippen LogP contribution in [0.5, 0.6) is 0 Å². The zero-order chi connectivity index (χ0) is 21.0. The van der Waals surface area contributed by atoms with Gasteiger partial charge in [0.1, 0.15) is 11.5 Å². The van der Waals surface area contributed by atoms with Crippen LogP contribution in [0.3, 0.4) is 0 Å². The molecule has 152 valence electrons. The fraction of sp³-hybridized carbons (Fsp3) is 0.125. The zero-order valence-corrected chi connectivity index (χ0v) is 17.1. The predicted octanol–water partition coefficient (Wildman–Crippen LogP) is 4.20. The highest BCUT2D eigenvalue weighted by atomic mass is 15.3. The molecule has 0 N–H and O–H groups in total. The lowest BCUT2D eigenvalue weighted by Gasteiger charge is -2.06. The number of nitrogens with zero attached hydrogens (tertiary/aromatic N) is 7. The minimum absolute atomic E-state index is 0.655. The normalized spacial score (nSPS) is 11.0. The van der Waals surface area contributed by atoms with E-state index in [4.69, 9.17) is 10.1 Å². The third-order valence-electron chi connectivity index (χ3n) is 5.10. The second-order valence-corrected chi connectivity index (χ2v) is 7.16. The summed E-state index contributed by atoms with van der Waals surface area (Å²) < 4.78 is 3.90. The van der Waals surface area contributed by atoms with Gasteiger partial charge >= 0.3 is 0 Å². The van der Waals surface area contributed by atoms with E-state index in [9.17, 15) is 0 Å². The van der Waals surface area contributed by atoms with E-state index in [0.717, 1.165) is 46.1 Å². The van der Waals surface area contributed by atoms with Crippen LogP contribution in [0.25, 0.3) is 28.2 Å². The van der Waals surface area contributed by atoms with Gasteiger partial charge in [-0.2, -0.15) is 5.10 Å². The van der Waals surface area contributed by atoms with Gasteiger partial charge in [0, 0.05) is 67.0 Å². The lowest BCUT2D eigenvalue weighted by molar-refractivity contribution is 0.662. The van der Waals surface area contributed by atoms with Crippen molar-refractivity contribution in [3.63, 3.8) is 0 Å². The van der Waals surface area contributed by atoms with Crippen molar-refractivity contribution in [3.05, 3.63) is 97.4 Å². The number of pyridine rings is 1. The molecule has 0 aliphatic carbocycles. The van der Waals surface area contributed by atoms with E-state index in [0.29, 0.717) is 6.42 Å². The molecule has 0 aliphatic rings. The molecule has 4 aromatic heterocycles. The summed E-state index contributed by atoms with van der Waals surface area (Å²) in [6.45, 7) is 2.86. The van der Waals surface area contributed by atoms with Crippen LogP contribution in [0, 0.1) is 0 Å². The van der Waals surface area contributed by atoms with Gasteiger partial charge in [0.15, 0.2) is 0 Å². The summed E-state index contributed by atoms with van der Waals surface area (Å²) in [6, 6.07) is 14.2. The number of rotatable bonds is 6. The van der Waals surface area contributed by atoms with Gasteiger partial charge in [-0.25, -0.2) is 15.0 Å². The molecule has 0 unspecified atom stereocenters. The molecule has 31 heavy (non-hydrogen) atoms. The van der Waals surface area contributed by atoms with Gasteiger partial charge in [-0.1, -0.05) is 12.1 Å². The molecule has 0 radical (unpaired) electrons. The Labute approximate surface area is 180 Å². The first-order valence-corrected chi connectivity index (χ1v) is 10.2. The van der Waals surface area contributed by atoms with Crippen molar-refractivity contribution in [1.29, 1.82) is 0 Å². The van der Waals surface area contributed by atoms with E-state index in [1.165, 1.54) is 0 Å². The highest BCUT2D eigenvalue weighted by molar-refractivity contribution is 5.78. The van der Waals surface area contributed by atoms with E-state index in [1.807, 2.05) is 52.2 Å². The molecule has 0 atom stereocenters. The second-order valence-electron chi connectivity index (χ2n) is 7.16. The van der Waals surface area contributed by atoms with Crippen molar-refractivity contribution in [2.75, 3.05) is 0 Å². The summed E-state index contributed by atoms with van der Waals surface area (Å²) in [5, 5.41) is 4.73. The summed E-state index contributed by atoms with van der Waals surface area (Å²) >= 11 is 0. The number of imidazole rings is 1. The van der Waals surface area contributed by atoms with E-state index in [2.05, 4.69) is 46.1 Å². The number of benzene rings is 1. The molecule has 1 aromatic carbocycles. The summed E-state index contributed by atoms with van der Waals surface area (Å²) in [5.41, 5.74) is 5.92. The van der Waals surface area contributed by atoms with Crippen LogP contribution in [0.4, 0.5) is 0 Å². The van der Waals surface area contributed by atoms with Crippen LogP contribution in [0.1, 0.15) is 18.3 Å². The molecule has 4 heterocycles. The van der Waals surface area contributed by atoms with Crippen molar-refractivity contribution in [2.24, 2.45) is 0 Å². The van der Waals surface area contributed by atoms with E-state index in [-0.39, 0.29) is 0 Å².